The Morgan fingerprint density at radius 1 is 1.26 bits per heavy atom. The minimum atomic E-state index is -1.74. The average Bonchev–Trinajstić information content (AvgIpc) is 3.11. The number of hydrogen-bond donors (Lipinski definition) is 0. The molecule has 2 aromatic rings. The third-order valence-electron chi connectivity index (χ3n) is 5.13. The highest BCUT2D eigenvalue weighted by molar-refractivity contribution is 7.08. The monoisotopic (exact) mass is 421 g/mol. The number of ether oxygens (including phenoxy) is 1. The van der Waals surface area contributed by atoms with Gasteiger partial charge < -0.3 is 9.16 Å². The molecule has 0 saturated carbocycles. The molecule has 0 aliphatic rings. The van der Waals surface area contributed by atoms with E-state index in [9.17, 15) is 5.26 Å². The van der Waals surface area contributed by atoms with Crippen molar-refractivity contribution in [2.24, 2.45) is 0 Å². The van der Waals surface area contributed by atoms with E-state index in [4.69, 9.17) is 20.8 Å². The van der Waals surface area contributed by atoms with Gasteiger partial charge >= 0.3 is 0 Å². The van der Waals surface area contributed by atoms with Gasteiger partial charge in [0.15, 0.2) is 8.32 Å². The smallest absolute Gasteiger partial charge is 0.191 e. The fraction of sp³-hybridized carbons (Fsp3) is 0.476. The van der Waals surface area contributed by atoms with Crippen LogP contribution in [-0.2, 0) is 4.43 Å². The molecule has 0 bridgehead atoms. The first-order chi connectivity index (χ1) is 12.6. The first-order valence-corrected chi connectivity index (χ1v) is 13.4. The molecular weight excluding hydrogens is 394 g/mol. The third kappa shape index (κ3) is 6.08. The molecule has 0 fully saturated rings. The van der Waals surface area contributed by atoms with Crippen LogP contribution in [0.1, 0.15) is 50.8 Å². The summed E-state index contributed by atoms with van der Waals surface area (Å²) in [6.45, 7) is 12.0. The fourth-order valence-electron chi connectivity index (χ4n) is 2.40. The van der Waals surface area contributed by atoms with Crippen molar-refractivity contribution in [3.8, 4) is 11.8 Å². The maximum Gasteiger partial charge on any atom is 0.191 e. The molecule has 1 aromatic heterocycles. The van der Waals surface area contributed by atoms with Crippen molar-refractivity contribution in [1.29, 1.82) is 5.26 Å². The van der Waals surface area contributed by atoms with Gasteiger partial charge in [0.2, 0.25) is 0 Å². The highest BCUT2D eigenvalue weighted by atomic mass is 35.5. The molecule has 1 unspecified atom stereocenters. The van der Waals surface area contributed by atoms with Gasteiger partial charge in [0.1, 0.15) is 17.9 Å². The maximum atomic E-state index is 9.35. The molecule has 0 spiro atoms. The summed E-state index contributed by atoms with van der Waals surface area (Å²) in [5, 5.41) is 14.3. The van der Waals surface area contributed by atoms with Gasteiger partial charge in [0, 0.05) is 23.3 Å². The summed E-state index contributed by atoms with van der Waals surface area (Å²) in [6.07, 6.45) is 1.60. The van der Waals surface area contributed by atoms with Crippen LogP contribution < -0.4 is 4.74 Å². The molecule has 0 aliphatic heterocycles. The Hall–Kier alpha value is -1.32. The Kier molecular flexibility index (Phi) is 7.53. The van der Waals surface area contributed by atoms with E-state index in [-0.39, 0.29) is 11.1 Å². The number of thiophene rings is 1. The molecule has 0 saturated heterocycles. The zero-order chi connectivity index (χ0) is 20.1. The summed E-state index contributed by atoms with van der Waals surface area (Å²) in [6, 6.07) is 9.37. The lowest BCUT2D eigenvalue weighted by atomic mass is 10.1. The second-order valence-electron chi connectivity index (χ2n) is 8.17. The zero-order valence-corrected chi connectivity index (χ0v) is 19.3. The SMILES string of the molecule is CC(C)(C)[Si](C)(C)OCCCC(Oc1cc(Cl)ccc1C#N)c1ccsc1. The van der Waals surface area contributed by atoms with E-state index >= 15 is 0 Å². The van der Waals surface area contributed by atoms with Gasteiger partial charge in [0.25, 0.3) is 0 Å². The van der Waals surface area contributed by atoms with E-state index < -0.39 is 8.32 Å². The molecule has 2 rings (SSSR count). The number of nitrogens with zero attached hydrogens (tertiary/aromatic N) is 1. The molecule has 146 valence electrons. The van der Waals surface area contributed by atoms with Crippen LogP contribution in [0.4, 0.5) is 0 Å². The van der Waals surface area contributed by atoms with Crippen LogP contribution in [0.5, 0.6) is 5.75 Å². The van der Waals surface area contributed by atoms with Crippen molar-refractivity contribution in [3.63, 3.8) is 0 Å². The lowest BCUT2D eigenvalue weighted by Gasteiger charge is -2.36. The molecule has 0 N–H and O–H groups in total. The zero-order valence-electron chi connectivity index (χ0n) is 16.7. The fourth-order valence-corrected chi connectivity index (χ4v) is 4.36. The Morgan fingerprint density at radius 2 is 2.00 bits per heavy atom. The average molecular weight is 422 g/mol. The standard InChI is InChI=1S/C21H28ClNO2SSi/c1-21(2,3)27(4,5)24-11-6-7-19(17-10-12-26-15-17)25-20-13-18(22)9-8-16(20)14-23/h8-10,12-13,15,19H,6-7,11H2,1-5H3. The quantitative estimate of drug-likeness (QED) is 0.334. The number of halogens is 1. The Bertz CT molecular complexity index is 778. The number of hydrogen-bond acceptors (Lipinski definition) is 4. The van der Waals surface area contributed by atoms with Crippen LogP contribution in [0.25, 0.3) is 0 Å². The van der Waals surface area contributed by atoms with Crippen LogP contribution in [0.15, 0.2) is 35.0 Å². The van der Waals surface area contributed by atoms with Crippen LogP contribution in [0, 0.1) is 11.3 Å². The Labute approximate surface area is 173 Å². The largest absolute Gasteiger partial charge is 0.484 e. The van der Waals surface area contributed by atoms with E-state index in [0.717, 1.165) is 25.0 Å². The number of benzene rings is 1. The summed E-state index contributed by atoms with van der Waals surface area (Å²) in [7, 11) is -1.74. The number of nitriles is 1. The molecule has 1 aromatic carbocycles. The Morgan fingerprint density at radius 3 is 2.59 bits per heavy atom. The first-order valence-electron chi connectivity index (χ1n) is 9.16. The van der Waals surface area contributed by atoms with Gasteiger partial charge in [-0.2, -0.15) is 16.6 Å². The summed E-state index contributed by atoms with van der Waals surface area (Å²) >= 11 is 7.74. The molecule has 0 aliphatic carbocycles. The van der Waals surface area contributed by atoms with Crippen molar-refractivity contribution in [2.45, 2.75) is 57.8 Å². The predicted molar refractivity (Wildman–Crippen MR) is 116 cm³/mol. The highest BCUT2D eigenvalue weighted by Gasteiger charge is 2.36. The Balaban J connectivity index is 2.05. The molecular formula is C21H28ClNO2SSi. The van der Waals surface area contributed by atoms with Crippen LogP contribution in [-0.4, -0.2) is 14.9 Å². The van der Waals surface area contributed by atoms with Crippen molar-refractivity contribution in [1.82, 2.24) is 0 Å². The molecule has 0 amide bonds. The maximum absolute atomic E-state index is 9.35. The van der Waals surface area contributed by atoms with Crippen LogP contribution >= 0.6 is 22.9 Å². The lowest BCUT2D eigenvalue weighted by molar-refractivity contribution is 0.176. The minimum absolute atomic E-state index is 0.121. The normalized spacial score (nSPS) is 13.2. The number of rotatable bonds is 8. The molecule has 27 heavy (non-hydrogen) atoms. The van der Waals surface area contributed by atoms with Gasteiger partial charge in [0.05, 0.1) is 5.56 Å². The second kappa shape index (κ2) is 9.25. The van der Waals surface area contributed by atoms with Gasteiger partial charge in [-0.3, -0.25) is 0 Å². The molecule has 3 nitrogen and oxygen atoms in total. The predicted octanol–water partition coefficient (Wildman–Crippen LogP) is 7.20. The van der Waals surface area contributed by atoms with Crippen LogP contribution in [0.2, 0.25) is 23.2 Å². The van der Waals surface area contributed by atoms with Gasteiger partial charge in [-0.15, -0.1) is 0 Å². The van der Waals surface area contributed by atoms with Gasteiger partial charge in [-0.05, 0) is 59.9 Å². The second-order valence-corrected chi connectivity index (χ2v) is 14.2. The van der Waals surface area contributed by atoms with E-state index in [2.05, 4.69) is 51.4 Å². The van der Waals surface area contributed by atoms with Gasteiger partial charge in [-0.1, -0.05) is 32.4 Å². The van der Waals surface area contributed by atoms with Crippen LogP contribution in [0.3, 0.4) is 0 Å². The van der Waals surface area contributed by atoms with Crippen molar-refractivity contribution < 1.29 is 9.16 Å². The summed E-state index contributed by atoms with van der Waals surface area (Å²) in [5.74, 6) is 0.534. The minimum Gasteiger partial charge on any atom is -0.484 e. The summed E-state index contributed by atoms with van der Waals surface area (Å²) < 4.78 is 12.5. The van der Waals surface area contributed by atoms with E-state index in [1.165, 1.54) is 0 Å². The lowest BCUT2D eigenvalue weighted by Crippen LogP contribution is -2.41. The first kappa shape index (κ1) is 22.0. The molecule has 1 heterocycles. The van der Waals surface area contributed by atoms with Gasteiger partial charge in [-0.25, -0.2) is 0 Å². The molecule has 0 radical (unpaired) electrons. The van der Waals surface area contributed by atoms with Crippen molar-refractivity contribution in [3.05, 3.63) is 51.2 Å². The molecule has 6 heteroatoms. The summed E-state index contributed by atoms with van der Waals surface area (Å²) in [5.41, 5.74) is 1.62. The van der Waals surface area contributed by atoms with E-state index in [1.54, 1.807) is 29.5 Å². The highest BCUT2D eigenvalue weighted by Crippen LogP contribution is 2.37. The van der Waals surface area contributed by atoms with Crippen molar-refractivity contribution >= 4 is 31.3 Å². The van der Waals surface area contributed by atoms with E-state index in [0.29, 0.717) is 16.3 Å². The van der Waals surface area contributed by atoms with E-state index in [1.807, 2.05) is 5.38 Å². The molecule has 1 atom stereocenters. The van der Waals surface area contributed by atoms with Crippen molar-refractivity contribution in [2.75, 3.05) is 6.61 Å². The topological polar surface area (TPSA) is 42.2 Å². The third-order valence-corrected chi connectivity index (χ3v) is 10.6. The summed E-state index contributed by atoms with van der Waals surface area (Å²) in [4.78, 5) is 0.